The molecular formula is C12H19N3O. The van der Waals surface area contributed by atoms with Crippen molar-refractivity contribution in [1.82, 2.24) is 5.32 Å². The third kappa shape index (κ3) is 3.55. The Morgan fingerprint density at radius 2 is 2.00 bits per heavy atom. The van der Waals surface area contributed by atoms with Crippen LogP contribution in [-0.2, 0) is 4.79 Å². The average molecular weight is 221 g/mol. The van der Waals surface area contributed by atoms with Gasteiger partial charge in [-0.3, -0.25) is 4.79 Å². The van der Waals surface area contributed by atoms with Crippen molar-refractivity contribution < 1.29 is 4.79 Å². The van der Waals surface area contributed by atoms with Gasteiger partial charge in [0.2, 0.25) is 6.41 Å². The minimum absolute atomic E-state index is 0.691. The van der Waals surface area contributed by atoms with Crippen LogP contribution in [0.3, 0.4) is 0 Å². The fourth-order valence-electron chi connectivity index (χ4n) is 1.44. The standard InChI is InChI=1S/C12H19N3O/c1-3-14-8-9-15(10-16)12-6-4-11(13-2)5-7-12/h4-7,10,13-14H,3,8-9H2,1-2H3. The fraction of sp³-hybridized carbons (Fsp3) is 0.417. The quantitative estimate of drug-likeness (QED) is 0.539. The van der Waals surface area contributed by atoms with E-state index in [1.807, 2.05) is 38.2 Å². The van der Waals surface area contributed by atoms with Crippen LogP contribution in [-0.4, -0.2) is 33.1 Å². The lowest BCUT2D eigenvalue weighted by Crippen LogP contribution is -2.30. The molecule has 0 aliphatic heterocycles. The predicted octanol–water partition coefficient (Wildman–Crippen LogP) is 1.30. The van der Waals surface area contributed by atoms with Gasteiger partial charge in [0.15, 0.2) is 0 Å². The van der Waals surface area contributed by atoms with Gasteiger partial charge in [-0.25, -0.2) is 0 Å². The number of amides is 1. The van der Waals surface area contributed by atoms with E-state index in [4.69, 9.17) is 0 Å². The van der Waals surface area contributed by atoms with E-state index >= 15 is 0 Å². The molecule has 4 nitrogen and oxygen atoms in total. The Kier molecular flexibility index (Phi) is 5.36. The second kappa shape index (κ2) is 6.85. The smallest absolute Gasteiger partial charge is 0.214 e. The Hall–Kier alpha value is -1.55. The maximum atomic E-state index is 10.9. The SMILES string of the molecule is CCNCCN(C=O)c1ccc(NC)cc1. The van der Waals surface area contributed by atoms with Gasteiger partial charge in [0, 0.05) is 31.5 Å². The average Bonchev–Trinajstić information content (AvgIpc) is 2.35. The van der Waals surface area contributed by atoms with Crippen molar-refractivity contribution in [2.45, 2.75) is 6.92 Å². The van der Waals surface area contributed by atoms with E-state index in [0.717, 1.165) is 30.9 Å². The van der Waals surface area contributed by atoms with Gasteiger partial charge in [-0.05, 0) is 30.8 Å². The van der Waals surface area contributed by atoms with Crippen molar-refractivity contribution >= 4 is 17.8 Å². The number of hydrogen-bond acceptors (Lipinski definition) is 3. The fourth-order valence-corrected chi connectivity index (χ4v) is 1.44. The van der Waals surface area contributed by atoms with Crippen molar-refractivity contribution in [3.05, 3.63) is 24.3 Å². The van der Waals surface area contributed by atoms with Crippen LogP contribution < -0.4 is 15.5 Å². The molecule has 4 heteroatoms. The number of hydrogen-bond donors (Lipinski definition) is 2. The number of rotatable bonds is 7. The summed E-state index contributed by atoms with van der Waals surface area (Å²) in [6.45, 7) is 4.47. The number of likely N-dealkylation sites (N-methyl/N-ethyl adjacent to an activating group) is 1. The van der Waals surface area contributed by atoms with Gasteiger partial charge in [0.05, 0.1) is 0 Å². The molecule has 0 heterocycles. The Bertz CT molecular complexity index is 311. The molecule has 0 radical (unpaired) electrons. The number of carbonyl (C=O) groups excluding carboxylic acids is 1. The third-order valence-electron chi connectivity index (χ3n) is 2.39. The number of carbonyl (C=O) groups is 1. The molecule has 1 aromatic carbocycles. The van der Waals surface area contributed by atoms with Gasteiger partial charge < -0.3 is 15.5 Å². The number of nitrogens with one attached hydrogen (secondary N) is 2. The minimum Gasteiger partial charge on any atom is -0.388 e. The maximum absolute atomic E-state index is 10.9. The van der Waals surface area contributed by atoms with Crippen LogP contribution in [0.5, 0.6) is 0 Å². The summed E-state index contributed by atoms with van der Waals surface area (Å²) in [5, 5.41) is 6.24. The summed E-state index contributed by atoms with van der Waals surface area (Å²) in [4.78, 5) is 12.6. The van der Waals surface area contributed by atoms with Crippen molar-refractivity contribution in [2.24, 2.45) is 0 Å². The maximum Gasteiger partial charge on any atom is 0.214 e. The van der Waals surface area contributed by atoms with Crippen molar-refractivity contribution in [2.75, 3.05) is 36.9 Å². The molecule has 0 aliphatic carbocycles. The highest BCUT2D eigenvalue weighted by Gasteiger charge is 2.03. The molecule has 1 aromatic rings. The van der Waals surface area contributed by atoms with Crippen LogP contribution in [0.25, 0.3) is 0 Å². The second-order valence-electron chi connectivity index (χ2n) is 3.45. The topological polar surface area (TPSA) is 44.4 Å². The third-order valence-corrected chi connectivity index (χ3v) is 2.39. The Morgan fingerprint density at radius 3 is 2.50 bits per heavy atom. The van der Waals surface area contributed by atoms with Crippen molar-refractivity contribution in [3.63, 3.8) is 0 Å². The van der Waals surface area contributed by atoms with Crippen LogP contribution in [0.15, 0.2) is 24.3 Å². The summed E-state index contributed by atoms with van der Waals surface area (Å²) in [5.74, 6) is 0. The Labute approximate surface area is 96.6 Å². The summed E-state index contributed by atoms with van der Waals surface area (Å²) in [6, 6.07) is 7.79. The molecule has 1 rings (SSSR count). The lowest BCUT2D eigenvalue weighted by Gasteiger charge is -2.17. The van der Waals surface area contributed by atoms with Crippen LogP contribution in [0.1, 0.15) is 6.92 Å². The molecule has 0 saturated heterocycles. The van der Waals surface area contributed by atoms with E-state index in [2.05, 4.69) is 10.6 Å². The molecule has 2 N–H and O–H groups in total. The summed E-state index contributed by atoms with van der Waals surface area (Å²) >= 11 is 0. The molecule has 0 fully saturated rings. The van der Waals surface area contributed by atoms with Crippen LogP contribution in [0, 0.1) is 0 Å². The first-order chi connectivity index (χ1) is 7.81. The molecule has 0 saturated carbocycles. The molecular weight excluding hydrogens is 202 g/mol. The van der Waals surface area contributed by atoms with Crippen molar-refractivity contribution in [3.8, 4) is 0 Å². The first-order valence-electron chi connectivity index (χ1n) is 5.52. The first-order valence-corrected chi connectivity index (χ1v) is 5.52. The summed E-state index contributed by atoms with van der Waals surface area (Å²) < 4.78 is 0. The molecule has 16 heavy (non-hydrogen) atoms. The number of benzene rings is 1. The van der Waals surface area contributed by atoms with E-state index in [1.165, 1.54) is 0 Å². The van der Waals surface area contributed by atoms with Gasteiger partial charge in [-0.2, -0.15) is 0 Å². The molecule has 0 aliphatic rings. The zero-order chi connectivity index (χ0) is 11.8. The normalized spacial score (nSPS) is 9.88. The molecule has 88 valence electrons. The van der Waals surface area contributed by atoms with Gasteiger partial charge in [-0.15, -0.1) is 0 Å². The molecule has 0 aromatic heterocycles. The van der Waals surface area contributed by atoms with Crippen LogP contribution >= 0.6 is 0 Å². The molecule has 0 spiro atoms. The minimum atomic E-state index is 0.691. The summed E-state index contributed by atoms with van der Waals surface area (Å²) in [5.41, 5.74) is 1.97. The predicted molar refractivity (Wildman–Crippen MR) is 67.9 cm³/mol. The van der Waals surface area contributed by atoms with Gasteiger partial charge in [0.25, 0.3) is 0 Å². The highest BCUT2D eigenvalue weighted by molar-refractivity contribution is 5.75. The molecule has 0 bridgehead atoms. The molecule has 1 amide bonds. The zero-order valence-electron chi connectivity index (χ0n) is 9.86. The van der Waals surface area contributed by atoms with Crippen LogP contribution in [0.4, 0.5) is 11.4 Å². The first kappa shape index (κ1) is 12.5. The molecule has 0 atom stereocenters. The van der Waals surface area contributed by atoms with E-state index in [-0.39, 0.29) is 0 Å². The second-order valence-corrected chi connectivity index (χ2v) is 3.45. The van der Waals surface area contributed by atoms with Crippen LogP contribution in [0.2, 0.25) is 0 Å². The van der Waals surface area contributed by atoms with Gasteiger partial charge >= 0.3 is 0 Å². The van der Waals surface area contributed by atoms with Gasteiger partial charge in [-0.1, -0.05) is 6.92 Å². The monoisotopic (exact) mass is 221 g/mol. The van der Waals surface area contributed by atoms with Gasteiger partial charge in [0.1, 0.15) is 0 Å². The Balaban J connectivity index is 2.60. The zero-order valence-corrected chi connectivity index (χ0v) is 9.86. The lowest BCUT2D eigenvalue weighted by molar-refractivity contribution is -0.107. The van der Waals surface area contributed by atoms with E-state index in [1.54, 1.807) is 4.90 Å². The number of anilines is 2. The van der Waals surface area contributed by atoms with E-state index in [9.17, 15) is 4.79 Å². The summed E-state index contributed by atoms with van der Waals surface area (Å²) in [7, 11) is 1.87. The van der Waals surface area contributed by atoms with E-state index < -0.39 is 0 Å². The summed E-state index contributed by atoms with van der Waals surface area (Å²) in [6.07, 6.45) is 0.867. The highest BCUT2D eigenvalue weighted by atomic mass is 16.1. The lowest BCUT2D eigenvalue weighted by atomic mass is 10.2. The highest BCUT2D eigenvalue weighted by Crippen LogP contribution is 2.15. The van der Waals surface area contributed by atoms with Crippen molar-refractivity contribution in [1.29, 1.82) is 0 Å². The van der Waals surface area contributed by atoms with E-state index in [0.29, 0.717) is 6.54 Å². The number of nitrogens with zero attached hydrogens (tertiary/aromatic N) is 1. The largest absolute Gasteiger partial charge is 0.388 e. The Morgan fingerprint density at radius 1 is 1.31 bits per heavy atom. The molecule has 0 unspecified atom stereocenters.